The minimum Gasteiger partial charge on any atom is -0.406 e. The van der Waals surface area contributed by atoms with E-state index in [0.717, 1.165) is 37.1 Å². The van der Waals surface area contributed by atoms with Crippen LogP contribution in [0, 0.1) is 0 Å². The Hall–Kier alpha value is -1.56. The van der Waals surface area contributed by atoms with Gasteiger partial charge in [0.05, 0.1) is 11.4 Å². The van der Waals surface area contributed by atoms with Gasteiger partial charge in [-0.15, -0.1) is 25.6 Å². The highest BCUT2D eigenvalue weighted by atomic mass is 35.5. The minimum atomic E-state index is -4.86. The number of rotatable bonds is 5. The SMILES string of the molecule is Cl.NC1CCCN(C(=O)CNS(=O)(=O)c2ccc(OC(F)(F)F)cc2)C1. The molecule has 12 heteroatoms. The van der Waals surface area contributed by atoms with Crippen LogP contribution in [0.4, 0.5) is 13.2 Å². The molecule has 1 atom stereocenters. The fourth-order valence-corrected chi connectivity index (χ4v) is 3.38. The molecule has 1 unspecified atom stereocenters. The van der Waals surface area contributed by atoms with Crippen molar-refractivity contribution in [3.05, 3.63) is 24.3 Å². The van der Waals surface area contributed by atoms with E-state index in [2.05, 4.69) is 9.46 Å². The van der Waals surface area contributed by atoms with Crippen LogP contribution in [0.15, 0.2) is 29.2 Å². The minimum absolute atomic E-state index is 0. The molecule has 7 nitrogen and oxygen atoms in total. The summed E-state index contributed by atoms with van der Waals surface area (Å²) in [5.74, 6) is -0.944. The van der Waals surface area contributed by atoms with Gasteiger partial charge in [0, 0.05) is 19.1 Å². The molecule has 0 aromatic heterocycles. The number of likely N-dealkylation sites (tertiary alicyclic amines) is 1. The lowest BCUT2D eigenvalue weighted by Crippen LogP contribution is -2.48. The Morgan fingerprint density at radius 1 is 1.31 bits per heavy atom. The van der Waals surface area contributed by atoms with Crippen LogP contribution in [0.25, 0.3) is 0 Å². The number of amides is 1. The molecule has 2 rings (SSSR count). The molecular weight excluding hydrogens is 399 g/mol. The Bertz CT molecular complexity index is 713. The molecule has 1 heterocycles. The van der Waals surface area contributed by atoms with E-state index in [1.807, 2.05) is 0 Å². The van der Waals surface area contributed by atoms with Gasteiger partial charge in [0.15, 0.2) is 0 Å². The highest BCUT2D eigenvalue weighted by molar-refractivity contribution is 7.89. The molecule has 1 amide bonds. The van der Waals surface area contributed by atoms with Crippen molar-refractivity contribution < 1.29 is 31.1 Å². The van der Waals surface area contributed by atoms with Crippen LogP contribution in [0.2, 0.25) is 0 Å². The molecule has 1 aliphatic heterocycles. The van der Waals surface area contributed by atoms with Crippen LogP contribution in [-0.4, -0.2) is 51.3 Å². The third kappa shape index (κ3) is 6.63. The molecule has 1 aliphatic rings. The van der Waals surface area contributed by atoms with E-state index >= 15 is 0 Å². The molecular formula is C14H19ClF3N3O4S. The van der Waals surface area contributed by atoms with Gasteiger partial charge in [-0.3, -0.25) is 4.79 Å². The number of carbonyl (C=O) groups excluding carboxylic acids is 1. The number of sulfonamides is 1. The van der Waals surface area contributed by atoms with Gasteiger partial charge in [-0.25, -0.2) is 13.1 Å². The van der Waals surface area contributed by atoms with Crippen molar-refractivity contribution in [3.63, 3.8) is 0 Å². The van der Waals surface area contributed by atoms with Crippen molar-refractivity contribution in [2.75, 3.05) is 19.6 Å². The Labute approximate surface area is 155 Å². The maximum atomic E-state index is 12.1. The number of nitrogens with one attached hydrogen (secondary N) is 1. The Morgan fingerprint density at radius 2 is 1.92 bits per heavy atom. The molecule has 0 radical (unpaired) electrons. The van der Waals surface area contributed by atoms with Gasteiger partial charge in [-0.1, -0.05) is 0 Å². The number of ether oxygens (including phenoxy) is 1. The summed E-state index contributed by atoms with van der Waals surface area (Å²) >= 11 is 0. The average molecular weight is 418 g/mol. The summed E-state index contributed by atoms with van der Waals surface area (Å²) in [4.78, 5) is 13.2. The summed E-state index contributed by atoms with van der Waals surface area (Å²) in [6.07, 6.45) is -3.30. The number of piperidine rings is 1. The van der Waals surface area contributed by atoms with Gasteiger partial charge in [0.1, 0.15) is 5.75 Å². The molecule has 0 bridgehead atoms. The van der Waals surface area contributed by atoms with Gasteiger partial charge >= 0.3 is 6.36 Å². The maximum Gasteiger partial charge on any atom is 0.573 e. The second-order valence-corrected chi connectivity index (χ2v) is 7.35. The predicted molar refractivity (Wildman–Crippen MR) is 89.4 cm³/mol. The molecule has 148 valence electrons. The Balaban J connectivity index is 0.00000338. The van der Waals surface area contributed by atoms with E-state index in [4.69, 9.17) is 5.73 Å². The fraction of sp³-hybridized carbons (Fsp3) is 0.500. The average Bonchev–Trinajstić information content (AvgIpc) is 2.51. The van der Waals surface area contributed by atoms with Gasteiger partial charge in [-0.05, 0) is 37.1 Å². The number of hydrogen-bond donors (Lipinski definition) is 2. The number of hydrogen-bond acceptors (Lipinski definition) is 5. The number of nitrogens with zero attached hydrogens (tertiary/aromatic N) is 1. The molecule has 1 aromatic rings. The van der Waals surface area contributed by atoms with Crippen LogP contribution in [0.3, 0.4) is 0 Å². The van der Waals surface area contributed by atoms with E-state index in [-0.39, 0.29) is 23.3 Å². The Kier molecular flexibility index (Phi) is 7.69. The molecule has 26 heavy (non-hydrogen) atoms. The Morgan fingerprint density at radius 3 is 2.46 bits per heavy atom. The van der Waals surface area contributed by atoms with Crippen LogP contribution in [-0.2, 0) is 14.8 Å². The number of nitrogens with two attached hydrogens (primary N) is 1. The third-order valence-corrected chi connectivity index (χ3v) is 5.01. The van der Waals surface area contributed by atoms with Crippen LogP contribution >= 0.6 is 12.4 Å². The lowest BCUT2D eigenvalue weighted by atomic mass is 10.1. The lowest BCUT2D eigenvalue weighted by molar-refractivity contribution is -0.274. The number of carbonyl (C=O) groups is 1. The van der Waals surface area contributed by atoms with Crippen LogP contribution in [0.1, 0.15) is 12.8 Å². The van der Waals surface area contributed by atoms with E-state index in [9.17, 15) is 26.4 Å². The smallest absolute Gasteiger partial charge is 0.406 e. The van der Waals surface area contributed by atoms with E-state index in [1.54, 1.807) is 0 Å². The number of halogens is 4. The highest BCUT2D eigenvalue weighted by Gasteiger charge is 2.31. The van der Waals surface area contributed by atoms with Crippen LogP contribution < -0.4 is 15.2 Å². The van der Waals surface area contributed by atoms with Crippen molar-refractivity contribution in [2.24, 2.45) is 5.73 Å². The van der Waals surface area contributed by atoms with E-state index in [1.165, 1.54) is 4.90 Å². The first-order valence-corrected chi connectivity index (χ1v) is 8.94. The summed E-state index contributed by atoms with van der Waals surface area (Å²) in [5.41, 5.74) is 5.77. The zero-order valence-corrected chi connectivity index (χ0v) is 15.2. The van der Waals surface area contributed by atoms with Gasteiger partial charge in [0.25, 0.3) is 0 Å². The van der Waals surface area contributed by atoms with E-state index in [0.29, 0.717) is 13.1 Å². The third-order valence-electron chi connectivity index (χ3n) is 3.59. The topological polar surface area (TPSA) is 102 Å². The summed E-state index contributed by atoms with van der Waals surface area (Å²) in [6.45, 7) is 0.428. The normalized spacial score (nSPS) is 18.2. The molecule has 1 fully saturated rings. The van der Waals surface area contributed by atoms with Gasteiger partial charge in [0.2, 0.25) is 15.9 Å². The summed E-state index contributed by atoms with van der Waals surface area (Å²) < 4.78 is 66.3. The van der Waals surface area contributed by atoms with Gasteiger partial charge in [-0.2, -0.15) is 0 Å². The standard InChI is InChI=1S/C14H18F3N3O4S.ClH/c15-14(16,17)24-11-3-5-12(6-4-11)25(22,23)19-8-13(21)20-7-1-2-10(18)9-20;/h3-6,10,19H,1-2,7-9,18H2;1H. The number of alkyl halides is 3. The highest BCUT2D eigenvalue weighted by Crippen LogP contribution is 2.23. The second-order valence-electron chi connectivity index (χ2n) is 5.59. The fourth-order valence-electron chi connectivity index (χ4n) is 2.41. The molecule has 3 N–H and O–H groups in total. The number of benzene rings is 1. The van der Waals surface area contributed by atoms with Crippen molar-refractivity contribution in [3.8, 4) is 5.75 Å². The van der Waals surface area contributed by atoms with E-state index < -0.39 is 34.6 Å². The first-order valence-electron chi connectivity index (χ1n) is 7.46. The first-order chi connectivity index (χ1) is 11.6. The van der Waals surface area contributed by atoms with Crippen molar-refractivity contribution in [1.29, 1.82) is 0 Å². The second kappa shape index (κ2) is 8.89. The van der Waals surface area contributed by atoms with Gasteiger partial charge < -0.3 is 15.4 Å². The predicted octanol–water partition coefficient (Wildman–Crippen LogP) is 1.23. The largest absolute Gasteiger partial charge is 0.573 e. The van der Waals surface area contributed by atoms with Crippen molar-refractivity contribution >= 4 is 28.3 Å². The zero-order chi connectivity index (χ0) is 18.7. The molecule has 1 saturated heterocycles. The maximum absolute atomic E-state index is 12.1. The first kappa shape index (κ1) is 22.5. The molecule has 0 spiro atoms. The monoisotopic (exact) mass is 417 g/mol. The summed E-state index contributed by atoms with van der Waals surface area (Å²) in [7, 11) is -4.03. The molecule has 0 saturated carbocycles. The summed E-state index contributed by atoms with van der Waals surface area (Å²) in [5, 5.41) is 0. The van der Waals surface area contributed by atoms with Crippen LogP contribution in [0.5, 0.6) is 5.75 Å². The zero-order valence-electron chi connectivity index (χ0n) is 13.5. The van der Waals surface area contributed by atoms with Crippen molar-refractivity contribution in [2.45, 2.75) is 30.1 Å². The molecule has 1 aromatic carbocycles. The molecule has 0 aliphatic carbocycles. The van der Waals surface area contributed by atoms with Crippen molar-refractivity contribution in [1.82, 2.24) is 9.62 Å². The quantitative estimate of drug-likeness (QED) is 0.750. The summed E-state index contributed by atoms with van der Waals surface area (Å²) in [6, 6.07) is 3.56. The lowest BCUT2D eigenvalue weighted by Gasteiger charge is -2.30.